The lowest BCUT2D eigenvalue weighted by Crippen LogP contribution is -1.97. The van der Waals surface area contributed by atoms with E-state index in [1.165, 1.54) is 18.2 Å². The fourth-order valence-electron chi connectivity index (χ4n) is 1.77. The Balaban J connectivity index is 2.36. The van der Waals surface area contributed by atoms with Crippen molar-refractivity contribution >= 4 is 28.9 Å². The maximum Gasteiger partial charge on any atom is 0.288 e. The first kappa shape index (κ1) is 14.6. The molecule has 0 fully saturated rings. The zero-order chi connectivity index (χ0) is 14.9. The summed E-state index contributed by atoms with van der Waals surface area (Å²) in [6.45, 7) is 1.83. The van der Waals surface area contributed by atoms with Gasteiger partial charge in [0.25, 0.3) is 5.69 Å². The molecule has 2 rings (SSSR count). The van der Waals surface area contributed by atoms with E-state index in [1.54, 1.807) is 11.7 Å². The molecular formula is C12H11Cl2N3O3. The third kappa shape index (κ3) is 2.71. The highest BCUT2D eigenvalue weighted by Gasteiger charge is 2.17. The summed E-state index contributed by atoms with van der Waals surface area (Å²) in [7, 11) is 1.73. The van der Waals surface area contributed by atoms with E-state index in [4.69, 9.17) is 27.9 Å². The Bertz CT molecular complexity index is 670. The van der Waals surface area contributed by atoms with Crippen LogP contribution in [0.2, 0.25) is 5.02 Å². The van der Waals surface area contributed by atoms with E-state index >= 15 is 0 Å². The van der Waals surface area contributed by atoms with Gasteiger partial charge in [-0.15, -0.1) is 11.6 Å². The summed E-state index contributed by atoms with van der Waals surface area (Å²) < 4.78 is 7.23. The quantitative estimate of drug-likeness (QED) is 0.488. The van der Waals surface area contributed by atoms with Crippen molar-refractivity contribution in [3.63, 3.8) is 0 Å². The number of benzene rings is 1. The van der Waals surface area contributed by atoms with Crippen LogP contribution in [0, 0.1) is 17.0 Å². The molecule has 0 N–H and O–H groups in total. The normalized spacial score (nSPS) is 10.6. The fourth-order valence-corrected chi connectivity index (χ4v) is 2.32. The van der Waals surface area contributed by atoms with E-state index in [1.807, 2.05) is 6.92 Å². The number of rotatable bonds is 4. The van der Waals surface area contributed by atoms with Crippen LogP contribution in [0.1, 0.15) is 11.3 Å². The van der Waals surface area contributed by atoms with E-state index in [0.717, 1.165) is 11.3 Å². The van der Waals surface area contributed by atoms with Crippen LogP contribution < -0.4 is 4.74 Å². The van der Waals surface area contributed by atoms with Crippen molar-refractivity contribution in [3.05, 3.63) is 44.6 Å². The molecule has 0 unspecified atom stereocenters. The minimum absolute atomic E-state index is 0.0128. The molecule has 0 atom stereocenters. The molecule has 0 amide bonds. The minimum Gasteiger partial charge on any atom is -0.439 e. The molecule has 0 radical (unpaired) electrons. The molecule has 0 spiro atoms. The number of halogens is 2. The van der Waals surface area contributed by atoms with Gasteiger partial charge in [0.1, 0.15) is 10.8 Å². The van der Waals surface area contributed by atoms with Crippen LogP contribution in [0.25, 0.3) is 0 Å². The van der Waals surface area contributed by atoms with Crippen LogP contribution in [-0.2, 0) is 12.9 Å². The highest BCUT2D eigenvalue weighted by Crippen LogP contribution is 2.33. The van der Waals surface area contributed by atoms with E-state index in [-0.39, 0.29) is 16.6 Å². The van der Waals surface area contributed by atoms with Crippen molar-refractivity contribution in [1.29, 1.82) is 0 Å². The third-order valence-corrected chi connectivity index (χ3v) is 3.32. The van der Waals surface area contributed by atoms with E-state index in [0.29, 0.717) is 11.6 Å². The Labute approximate surface area is 125 Å². The molecule has 2 aromatic rings. The fraction of sp³-hybridized carbons (Fsp3) is 0.250. The van der Waals surface area contributed by atoms with Gasteiger partial charge in [-0.05, 0) is 13.0 Å². The smallest absolute Gasteiger partial charge is 0.288 e. The average Bonchev–Trinajstić information content (AvgIpc) is 2.63. The number of nitro benzene ring substituents is 1. The number of aryl methyl sites for hydroxylation is 2. The number of nitrogens with zero attached hydrogens (tertiary/aromatic N) is 3. The largest absolute Gasteiger partial charge is 0.439 e. The molecule has 1 heterocycles. The van der Waals surface area contributed by atoms with Gasteiger partial charge >= 0.3 is 0 Å². The van der Waals surface area contributed by atoms with E-state index in [2.05, 4.69) is 5.10 Å². The standard InChI is InChI=1S/C12H11Cl2N3O3/c1-7-9(6-13)12(16(2)15-7)20-8-3-4-11(17(18)19)10(14)5-8/h3-5H,6H2,1-2H3. The van der Waals surface area contributed by atoms with Crippen molar-refractivity contribution in [1.82, 2.24) is 9.78 Å². The lowest BCUT2D eigenvalue weighted by molar-refractivity contribution is -0.384. The van der Waals surface area contributed by atoms with Crippen molar-refractivity contribution in [2.24, 2.45) is 7.05 Å². The number of aromatic nitrogens is 2. The van der Waals surface area contributed by atoms with Gasteiger partial charge in [-0.3, -0.25) is 10.1 Å². The molecule has 1 aromatic heterocycles. The van der Waals surface area contributed by atoms with Crippen LogP contribution in [0.3, 0.4) is 0 Å². The molecule has 0 saturated heterocycles. The zero-order valence-electron chi connectivity index (χ0n) is 10.8. The Hall–Kier alpha value is -1.79. The second kappa shape index (κ2) is 5.68. The molecular weight excluding hydrogens is 305 g/mol. The number of hydrogen-bond acceptors (Lipinski definition) is 4. The summed E-state index contributed by atoms with van der Waals surface area (Å²) in [6.07, 6.45) is 0. The van der Waals surface area contributed by atoms with Crippen LogP contribution in [-0.4, -0.2) is 14.7 Å². The number of alkyl halides is 1. The second-order valence-corrected chi connectivity index (χ2v) is 4.77. The topological polar surface area (TPSA) is 70.2 Å². The maximum atomic E-state index is 10.7. The molecule has 0 aliphatic heterocycles. The summed E-state index contributed by atoms with van der Waals surface area (Å²) in [5.74, 6) is 1.13. The van der Waals surface area contributed by atoms with Gasteiger partial charge < -0.3 is 4.74 Å². The molecule has 6 nitrogen and oxygen atoms in total. The first-order valence-corrected chi connectivity index (χ1v) is 6.55. The SMILES string of the molecule is Cc1nn(C)c(Oc2ccc([N+](=O)[O-])c(Cl)c2)c1CCl. The summed E-state index contributed by atoms with van der Waals surface area (Å²) in [4.78, 5) is 10.1. The molecule has 106 valence electrons. The van der Waals surface area contributed by atoms with Crippen molar-refractivity contribution < 1.29 is 9.66 Å². The molecule has 0 aliphatic rings. The zero-order valence-corrected chi connectivity index (χ0v) is 12.3. The lowest BCUT2D eigenvalue weighted by atomic mass is 10.3. The first-order chi connectivity index (χ1) is 9.43. The predicted octanol–water partition coefficient (Wildman–Crippen LogP) is 3.82. The van der Waals surface area contributed by atoms with Gasteiger partial charge in [-0.25, -0.2) is 4.68 Å². The number of nitro groups is 1. The molecule has 20 heavy (non-hydrogen) atoms. The van der Waals surface area contributed by atoms with Gasteiger partial charge in [-0.2, -0.15) is 5.10 Å². The highest BCUT2D eigenvalue weighted by atomic mass is 35.5. The Morgan fingerprint density at radius 2 is 2.20 bits per heavy atom. The van der Waals surface area contributed by atoms with Gasteiger partial charge in [-0.1, -0.05) is 11.6 Å². The molecule has 0 aliphatic carbocycles. The molecule has 8 heteroatoms. The number of ether oxygens (including phenoxy) is 1. The highest BCUT2D eigenvalue weighted by molar-refractivity contribution is 6.32. The summed E-state index contributed by atoms with van der Waals surface area (Å²) in [5.41, 5.74) is 1.37. The molecule has 1 aromatic carbocycles. The average molecular weight is 316 g/mol. The minimum atomic E-state index is -0.551. The molecule has 0 saturated carbocycles. The Morgan fingerprint density at radius 3 is 2.75 bits per heavy atom. The number of hydrogen-bond donors (Lipinski definition) is 0. The van der Waals surface area contributed by atoms with Crippen molar-refractivity contribution in [3.8, 4) is 11.6 Å². The van der Waals surface area contributed by atoms with E-state index in [9.17, 15) is 10.1 Å². The summed E-state index contributed by atoms with van der Waals surface area (Å²) >= 11 is 11.7. The monoisotopic (exact) mass is 315 g/mol. The second-order valence-electron chi connectivity index (χ2n) is 4.10. The van der Waals surface area contributed by atoms with Gasteiger partial charge in [0.05, 0.1) is 22.1 Å². The van der Waals surface area contributed by atoms with Crippen molar-refractivity contribution in [2.45, 2.75) is 12.8 Å². The van der Waals surface area contributed by atoms with Gasteiger partial charge in [0.15, 0.2) is 0 Å². The Kier molecular flexibility index (Phi) is 4.15. The summed E-state index contributed by atoms with van der Waals surface area (Å²) in [5, 5.41) is 14.9. The third-order valence-electron chi connectivity index (χ3n) is 2.75. The maximum absolute atomic E-state index is 10.7. The van der Waals surface area contributed by atoms with Crippen LogP contribution in [0.4, 0.5) is 5.69 Å². The van der Waals surface area contributed by atoms with Crippen molar-refractivity contribution in [2.75, 3.05) is 0 Å². The summed E-state index contributed by atoms with van der Waals surface area (Å²) in [6, 6.07) is 4.16. The molecule has 0 bridgehead atoms. The van der Waals surface area contributed by atoms with Gasteiger partial charge in [0, 0.05) is 19.2 Å². The lowest BCUT2D eigenvalue weighted by Gasteiger charge is -2.08. The van der Waals surface area contributed by atoms with Gasteiger partial charge in [0.2, 0.25) is 5.88 Å². The predicted molar refractivity (Wildman–Crippen MR) is 75.7 cm³/mol. The Morgan fingerprint density at radius 1 is 1.50 bits per heavy atom. The first-order valence-electron chi connectivity index (χ1n) is 5.64. The van der Waals surface area contributed by atoms with Crippen LogP contribution >= 0.6 is 23.2 Å². The van der Waals surface area contributed by atoms with Crippen LogP contribution in [0.15, 0.2) is 18.2 Å². The van der Waals surface area contributed by atoms with E-state index < -0.39 is 4.92 Å². The van der Waals surface area contributed by atoms with Crippen LogP contribution in [0.5, 0.6) is 11.6 Å².